The predicted molar refractivity (Wildman–Crippen MR) is 488 cm³/mol. The Balaban J connectivity index is 0.000000351. The van der Waals surface area contributed by atoms with Crippen molar-refractivity contribution < 1.29 is 72.9 Å². The number of nitrogens with zero attached hydrogens (tertiary/aromatic N) is 8. The van der Waals surface area contributed by atoms with Crippen molar-refractivity contribution in [3.8, 4) is 17.2 Å². The van der Waals surface area contributed by atoms with Crippen LogP contribution in [-0.4, -0.2) is 105 Å². The number of rotatable bonds is 13. The van der Waals surface area contributed by atoms with Crippen molar-refractivity contribution >= 4 is 120 Å². The summed E-state index contributed by atoms with van der Waals surface area (Å²) in [7, 11) is 9.46. The van der Waals surface area contributed by atoms with Gasteiger partial charge in [-0.25, -0.2) is 31.7 Å². The van der Waals surface area contributed by atoms with Gasteiger partial charge in [-0.1, -0.05) is 106 Å². The number of aryl methyl sites for hydroxylation is 6. The Bertz CT molecular complexity index is 6200. The zero-order valence-corrected chi connectivity index (χ0v) is 72.8. The number of carbonyl (C=O) groups excluding carboxylic acids is 4. The number of halogens is 6. The average Bonchev–Trinajstić information content (AvgIpc) is 1.27. The van der Waals surface area contributed by atoms with E-state index >= 15 is 0 Å². The second-order valence-electron chi connectivity index (χ2n) is 27.5. The molecule has 14 rings (SSSR count). The van der Waals surface area contributed by atoms with Crippen molar-refractivity contribution in [2.75, 3.05) is 31.4 Å². The molecule has 0 aliphatic carbocycles. The van der Waals surface area contributed by atoms with Gasteiger partial charge in [-0.2, -0.15) is 13.7 Å². The zero-order valence-electron chi connectivity index (χ0n) is 69.5. The van der Waals surface area contributed by atoms with Gasteiger partial charge in [0, 0.05) is 120 Å². The van der Waals surface area contributed by atoms with E-state index in [4.69, 9.17) is 37.0 Å². The number of carbonyl (C=O) groups is 4. The van der Waals surface area contributed by atoms with E-state index < -0.39 is 33.7 Å². The number of fused-ring (bicyclic) bond motifs is 4. The van der Waals surface area contributed by atoms with Crippen molar-refractivity contribution in [2.24, 2.45) is 25.4 Å². The molecule has 0 fully saturated rings. The molecule has 0 bridgehead atoms. The van der Waals surface area contributed by atoms with Crippen LogP contribution in [0.2, 0.25) is 0 Å². The van der Waals surface area contributed by atoms with Crippen LogP contribution in [0, 0.1) is 61.2 Å². The van der Waals surface area contributed by atoms with Gasteiger partial charge in [0.05, 0.1) is 57.8 Å². The number of amides is 1. The van der Waals surface area contributed by atoms with E-state index in [2.05, 4.69) is 92.7 Å². The molecule has 8 aromatic carbocycles. The molecule has 24 nitrogen and oxygen atoms in total. The number of allylic oxidation sites excluding steroid dienone is 1. The summed E-state index contributed by atoms with van der Waals surface area (Å²) in [6.07, 6.45) is 4.93. The fraction of sp³-hybridized carbons (Fsp3) is 0.228. The van der Waals surface area contributed by atoms with Crippen LogP contribution in [0.3, 0.4) is 0 Å². The van der Waals surface area contributed by atoms with E-state index in [1.807, 2.05) is 91.2 Å². The number of nitrogens with one attached hydrogen (secondary N) is 2. The number of Topliss-reactive ketones (excluding diaryl/α,β-unsaturated/α-hetero) is 1. The summed E-state index contributed by atoms with van der Waals surface area (Å²) in [5, 5.41) is 16.2. The van der Waals surface area contributed by atoms with Crippen LogP contribution in [0.5, 0.6) is 0 Å². The Morgan fingerprint density at radius 2 is 1.10 bits per heavy atom. The standard InChI is InChI=1S/C41H35FN4O3.C11H9BrFNO.C11H12FNO2.C11H10FNO.C7H8FN.C7H10O3.C2H3N.2CH4.BHNS.H2O4S/c1-27-34-25-31(42)19-22-36(34)45(2)39(47)37(27)33-21-20-32(46-24-23-43-38(33)46)26-35(40(48)49-3)44-41(28-13-7-4-8-14-28,29-15-9-5-10-16-29)30-17-11-6-12-18-30;1-6-8-5-7(13)3-4-9(8)14(2)11(15)10(6)12;1-8(14)7-11(15)13(2)10-5-3-9(12)4-6-10;1-7-5-11(14)13(2)10-4-3-8(12)6-9(7)10;1-9-7-4-2-6(8)3-5-7;1-5-4-6(8)10-7(2,3)9-5;1-2-3;;;1-2-3;1-5(2,3)4/h4-25,35,44H,26H2,1-3H3;3-5H,1-2H3;3-6H,7H2,1-2H3;3-6H,1-2H3;2-5,9H,1H3;4H,1-3H3;1H3;2*1H4;3H;(H2,1,2,3,4)/t35-;;;;;;;;;;/m0........../s1. The number of nitriles is 1. The molecule has 4 N–H and O–H groups in total. The van der Waals surface area contributed by atoms with Gasteiger partial charge in [0.1, 0.15) is 52.3 Å². The predicted octanol–water partition coefficient (Wildman–Crippen LogP) is 17.9. The summed E-state index contributed by atoms with van der Waals surface area (Å²) >= 11 is 6.41. The third-order valence-electron chi connectivity index (χ3n) is 18.6. The molecule has 0 saturated carbocycles. The molecule has 13 aromatic rings. The minimum atomic E-state index is -4.67. The summed E-state index contributed by atoms with van der Waals surface area (Å²) < 4.78 is 122. The Hall–Kier alpha value is -12.8. The van der Waals surface area contributed by atoms with Crippen LogP contribution < -0.4 is 32.2 Å². The Morgan fingerprint density at radius 3 is 1.53 bits per heavy atom. The van der Waals surface area contributed by atoms with Gasteiger partial charge in [-0.3, -0.25) is 43.2 Å². The molecule has 0 saturated heterocycles. The Morgan fingerprint density at radius 1 is 0.672 bits per heavy atom. The summed E-state index contributed by atoms with van der Waals surface area (Å²) in [5.74, 6) is -2.95. The summed E-state index contributed by atoms with van der Waals surface area (Å²) in [4.78, 5) is 89.5. The van der Waals surface area contributed by atoms with E-state index in [9.17, 15) is 55.5 Å². The fourth-order valence-electron chi connectivity index (χ4n) is 12.9. The zero-order chi connectivity index (χ0) is 91.4. The first-order valence-corrected chi connectivity index (χ1v) is 39.8. The molecule has 1 amide bonds. The molecule has 125 heavy (non-hydrogen) atoms. The van der Waals surface area contributed by atoms with Crippen LogP contribution in [0.4, 0.5) is 33.3 Å². The number of ether oxygens (including phenoxy) is 3. The molecule has 0 spiro atoms. The molecular weight excluding hydrogens is 1720 g/mol. The number of methoxy groups -OCH3 is 1. The van der Waals surface area contributed by atoms with E-state index in [-0.39, 0.29) is 91.1 Å². The van der Waals surface area contributed by atoms with Crippen molar-refractivity contribution in [2.45, 2.75) is 100 Å². The molecule has 5 aromatic heterocycles. The van der Waals surface area contributed by atoms with Gasteiger partial charge in [0.2, 0.25) is 11.7 Å². The normalized spacial score (nSPS) is 11.6. The molecule has 33 heteroatoms. The fourth-order valence-corrected chi connectivity index (χ4v) is 13.4. The minimum absolute atomic E-state index is 0. The van der Waals surface area contributed by atoms with Gasteiger partial charge in [0.15, 0.2) is 0 Å². The molecule has 0 unspecified atom stereocenters. The number of thiol groups is 1. The second kappa shape index (κ2) is 48.3. The number of anilines is 2. The molecule has 657 valence electrons. The first kappa shape index (κ1) is 105. The van der Waals surface area contributed by atoms with Gasteiger partial charge < -0.3 is 42.5 Å². The van der Waals surface area contributed by atoms with Gasteiger partial charge in [-0.15, -0.1) is 0 Å². The van der Waals surface area contributed by atoms with E-state index in [1.54, 1.807) is 106 Å². The molecule has 6 heterocycles. The monoisotopic (exact) mass is 1820 g/mol. The molecule has 1 atom stereocenters. The maximum absolute atomic E-state index is 14.4. The second-order valence-corrected chi connectivity index (χ2v) is 29.5. The number of pyridine rings is 4. The van der Waals surface area contributed by atoms with E-state index in [0.29, 0.717) is 49.2 Å². The van der Waals surface area contributed by atoms with Crippen molar-refractivity contribution in [1.29, 1.82) is 5.26 Å². The van der Waals surface area contributed by atoms with Gasteiger partial charge in [0.25, 0.3) is 16.7 Å². The number of cyclic esters (lactones) is 1. The number of aromatic nitrogens is 5. The quantitative estimate of drug-likeness (QED) is 0.0136. The number of imidazole rings is 1. The van der Waals surface area contributed by atoms with Crippen molar-refractivity contribution in [1.82, 2.24) is 28.4 Å². The number of hydrogen-bond acceptors (Lipinski definition) is 18. The molecular formula is C92H98BBrF5N10O14S2. The van der Waals surface area contributed by atoms with Crippen LogP contribution in [0.25, 0.3) is 49.5 Å². The molecule has 1 aliphatic heterocycles. The van der Waals surface area contributed by atoms with E-state index in [1.165, 1.54) is 124 Å². The number of hydrogen-bond donors (Lipinski definition) is 5. The first-order chi connectivity index (χ1) is 58.1. The Kier molecular flexibility index (Phi) is 40.4. The third kappa shape index (κ3) is 28.9. The SMILES string of the molecule is C.C.CC#N.CC(=O)CC(=O)N(C)c1ccc(F)cc1.CC1=CC(=O)OC(C)(C)O1.CNc1ccc(F)cc1.COC(=O)[C@H](Cc1ccc(-c2c(C)c3cc(F)ccc3n(C)c2=O)c2nccn12)NC(c1ccccc1)(c1ccccc1)c1ccccc1.Cc1c(Br)c(=O)n(C)c2ccc(F)cc12.Cc1cc(=O)n(C)c2ccc(F)cc12.O=S(=O)(O)O.[B]=NS. The van der Waals surface area contributed by atoms with Crippen LogP contribution in [0.1, 0.15) is 95.0 Å². The first-order valence-electron chi connectivity index (χ1n) is 37.2. The van der Waals surface area contributed by atoms with E-state index in [0.717, 1.165) is 61.0 Å². The number of benzene rings is 8. The van der Waals surface area contributed by atoms with Crippen LogP contribution >= 0.6 is 28.7 Å². The van der Waals surface area contributed by atoms with Crippen LogP contribution in [0.15, 0.2) is 260 Å². The molecule has 1 radical (unpaired) electrons. The number of esters is 2. The van der Waals surface area contributed by atoms with Gasteiger partial charge in [-0.05, 0) is 199 Å². The van der Waals surface area contributed by atoms with Crippen LogP contribution in [-0.2, 0) is 76.9 Å². The maximum atomic E-state index is 14.4. The summed E-state index contributed by atoms with van der Waals surface area (Å²) in [6, 6.07) is 61.5. The average molecular weight is 1820 g/mol. The molecule has 1 aliphatic rings. The van der Waals surface area contributed by atoms with Crippen molar-refractivity contribution in [3.63, 3.8) is 0 Å². The third-order valence-corrected chi connectivity index (χ3v) is 19.5. The van der Waals surface area contributed by atoms with Crippen molar-refractivity contribution in [3.05, 3.63) is 340 Å². The number of ketones is 1. The van der Waals surface area contributed by atoms with Gasteiger partial charge >= 0.3 is 47.1 Å². The Labute approximate surface area is 737 Å². The summed E-state index contributed by atoms with van der Waals surface area (Å²) in [6.45, 7) is 13.3. The topological polar surface area (TPSA) is 317 Å². The summed E-state index contributed by atoms with van der Waals surface area (Å²) in [5.41, 5.74) is 9.88.